The van der Waals surface area contributed by atoms with E-state index >= 15 is 0 Å². The number of rotatable bonds is 6. The van der Waals surface area contributed by atoms with E-state index in [1.54, 1.807) is 7.11 Å². The van der Waals surface area contributed by atoms with Crippen LogP contribution in [0.1, 0.15) is 30.3 Å². The lowest BCUT2D eigenvalue weighted by Crippen LogP contribution is -2.50. The largest absolute Gasteiger partial charge is 0.378 e. The van der Waals surface area contributed by atoms with Gasteiger partial charge in [-0.05, 0) is 26.8 Å². The maximum absolute atomic E-state index is 5.32. The van der Waals surface area contributed by atoms with Gasteiger partial charge in [-0.1, -0.05) is 0 Å². The molecule has 1 aliphatic carbocycles. The number of likely N-dealkylation sites (N-methyl/N-ethyl adjacent to an activating group) is 1. The number of hydrogen-bond donors (Lipinski definition) is 1. The van der Waals surface area contributed by atoms with Gasteiger partial charge < -0.3 is 19.9 Å². The zero-order valence-corrected chi connectivity index (χ0v) is 14.1. The molecule has 0 bridgehead atoms. The molecule has 0 radical (unpaired) electrons. The van der Waals surface area contributed by atoms with Crippen molar-refractivity contribution in [2.75, 3.05) is 38.7 Å². The molecule has 0 spiro atoms. The molecule has 2 fully saturated rings. The van der Waals surface area contributed by atoms with Gasteiger partial charge in [0.15, 0.2) is 5.13 Å². The van der Waals surface area contributed by atoms with Gasteiger partial charge in [0.25, 0.3) is 0 Å². The summed E-state index contributed by atoms with van der Waals surface area (Å²) in [5.74, 6) is 0. The molecule has 1 unspecified atom stereocenters. The third-order valence-corrected chi connectivity index (χ3v) is 5.57. The molecular weight excluding hydrogens is 284 g/mol. The molecule has 0 amide bonds. The minimum atomic E-state index is 0.585. The maximum atomic E-state index is 5.32. The van der Waals surface area contributed by atoms with Gasteiger partial charge in [0.2, 0.25) is 0 Å². The Morgan fingerprint density at radius 3 is 2.86 bits per heavy atom. The Kier molecular flexibility index (Phi) is 4.78. The van der Waals surface area contributed by atoms with Crippen molar-refractivity contribution >= 4 is 16.5 Å². The van der Waals surface area contributed by atoms with Gasteiger partial charge in [-0.2, -0.15) is 0 Å². The fourth-order valence-electron chi connectivity index (χ4n) is 2.64. The molecule has 2 heterocycles. The molecular formula is C15H26N4OS. The predicted octanol–water partition coefficient (Wildman–Crippen LogP) is 1.68. The lowest BCUT2D eigenvalue weighted by molar-refractivity contribution is 0.181. The molecule has 118 valence electrons. The molecule has 1 aliphatic heterocycles. The quantitative estimate of drug-likeness (QED) is 0.866. The number of anilines is 1. The second-order valence-electron chi connectivity index (χ2n) is 6.23. The van der Waals surface area contributed by atoms with Gasteiger partial charge in [0, 0.05) is 50.2 Å². The SMILES string of the molecule is COCc1nc(N2CCN(C)C(C)C2)sc1CNC1CC1. The van der Waals surface area contributed by atoms with Gasteiger partial charge in [-0.25, -0.2) is 4.98 Å². The summed E-state index contributed by atoms with van der Waals surface area (Å²) >= 11 is 1.83. The van der Waals surface area contributed by atoms with Crippen LogP contribution in [0.4, 0.5) is 5.13 Å². The fourth-order valence-corrected chi connectivity index (χ4v) is 3.69. The monoisotopic (exact) mass is 310 g/mol. The van der Waals surface area contributed by atoms with Crippen LogP contribution in [0, 0.1) is 0 Å². The van der Waals surface area contributed by atoms with E-state index in [1.807, 2.05) is 11.3 Å². The van der Waals surface area contributed by atoms with E-state index in [4.69, 9.17) is 9.72 Å². The summed E-state index contributed by atoms with van der Waals surface area (Å²) in [6.45, 7) is 7.06. The number of ether oxygens (including phenoxy) is 1. The average Bonchev–Trinajstić information content (AvgIpc) is 3.21. The first-order valence-corrected chi connectivity index (χ1v) is 8.65. The molecule has 3 rings (SSSR count). The number of thiazole rings is 1. The Morgan fingerprint density at radius 2 is 2.19 bits per heavy atom. The first-order valence-electron chi connectivity index (χ1n) is 7.83. The van der Waals surface area contributed by atoms with Crippen molar-refractivity contribution < 1.29 is 4.74 Å². The number of aromatic nitrogens is 1. The van der Waals surface area contributed by atoms with E-state index in [0.29, 0.717) is 12.6 Å². The summed E-state index contributed by atoms with van der Waals surface area (Å²) in [4.78, 5) is 11.0. The van der Waals surface area contributed by atoms with Crippen LogP contribution in [-0.2, 0) is 17.9 Å². The van der Waals surface area contributed by atoms with Crippen molar-refractivity contribution in [1.29, 1.82) is 0 Å². The summed E-state index contributed by atoms with van der Waals surface area (Å²) < 4.78 is 5.32. The average molecular weight is 310 g/mol. The molecule has 1 aromatic heterocycles. The van der Waals surface area contributed by atoms with Gasteiger partial charge in [-0.3, -0.25) is 0 Å². The van der Waals surface area contributed by atoms with Crippen molar-refractivity contribution in [3.05, 3.63) is 10.6 Å². The van der Waals surface area contributed by atoms with Crippen LogP contribution in [0.15, 0.2) is 0 Å². The summed E-state index contributed by atoms with van der Waals surface area (Å²) in [6.07, 6.45) is 2.64. The zero-order chi connectivity index (χ0) is 14.8. The summed E-state index contributed by atoms with van der Waals surface area (Å²) in [5, 5.41) is 4.75. The van der Waals surface area contributed by atoms with Crippen LogP contribution in [0.2, 0.25) is 0 Å². The lowest BCUT2D eigenvalue weighted by atomic mass is 10.2. The van der Waals surface area contributed by atoms with E-state index in [9.17, 15) is 0 Å². The summed E-state index contributed by atoms with van der Waals surface area (Å²) in [6, 6.07) is 1.32. The minimum absolute atomic E-state index is 0.585. The smallest absolute Gasteiger partial charge is 0.186 e. The normalized spacial score (nSPS) is 23.8. The molecule has 1 aromatic rings. The highest BCUT2D eigenvalue weighted by atomic mass is 32.1. The number of methoxy groups -OCH3 is 1. The third-order valence-electron chi connectivity index (χ3n) is 4.41. The van der Waals surface area contributed by atoms with Crippen LogP contribution in [0.5, 0.6) is 0 Å². The molecule has 6 heteroatoms. The summed E-state index contributed by atoms with van der Waals surface area (Å²) in [7, 11) is 3.94. The Hall–Kier alpha value is -0.690. The second-order valence-corrected chi connectivity index (χ2v) is 7.29. The first-order chi connectivity index (χ1) is 10.2. The number of hydrogen-bond acceptors (Lipinski definition) is 6. The molecule has 1 saturated carbocycles. The molecule has 1 atom stereocenters. The Bertz CT molecular complexity index is 474. The first kappa shape index (κ1) is 15.2. The molecule has 21 heavy (non-hydrogen) atoms. The molecule has 1 N–H and O–H groups in total. The molecule has 0 aromatic carbocycles. The van der Waals surface area contributed by atoms with Crippen molar-refractivity contribution in [1.82, 2.24) is 15.2 Å². The van der Waals surface area contributed by atoms with Crippen molar-refractivity contribution in [2.24, 2.45) is 0 Å². The standard InChI is InChI=1S/C15H26N4OS/c1-11-9-19(7-6-18(11)2)15-17-13(10-20-3)14(21-15)8-16-12-4-5-12/h11-12,16H,4-10H2,1-3H3. The fraction of sp³-hybridized carbons (Fsp3) is 0.800. The van der Waals surface area contributed by atoms with E-state index in [0.717, 1.165) is 43.0 Å². The van der Waals surface area contributed by atoms with Crippen LogP contribution < -0.4 is 10.2 Å². The Labute approximate surface area is 131 Å². The van der Waals surface area contributed by atoms with Crippen LogP contribution in [0.25, 0.3) is 0 Å². The number of piperazine rings is 1. The summed E-state index contributed by atoms with van der Waals surface area (Å²) in [5.41, 5.74) is 1.11. The van der Waals surface area contributed by atoms with E-state index in [-0.39, 0.29) is 0 Å². The maximum Gasteiger partial charge on any atom is 0.186 e. The van der Waals surface area contributed by atoms with Gasteiger partial charge in [0.05, 0.1) is 12.3 Å². The highest BCUT2D eigenvalue weighted by Gasteiger charge is 2.25. The predicted molar refractivity (Wildman–Crippen MR) is 87.0 cm³/mol. The van der Waals surface area contributed by atoms with E-state index in [2.05, 4.69) is 29.1 Å². The second kappa shape index (κ2) is 6.60. The topological polar surface area (TPSA) is 40.6 Å². The Morgan fingerprint density at radius 1 is 1.38 bits per heavy atom. The van der Waals surface area contributed by atoms with Crippen molar-refractivity contribution in [2.45, 2.75) is 45.0 Å². The minimum Gasteiger partial charge on any atom is -0.378 e. The van der Waals surface area contributed by atoms with Crippen LogP contribution in [-0.4, -0.2) is 55.8 Å². The molecule has 1 saturated heterocycles. The van der Waals surface area contributed by atoms with Crippen LogP contribution >= 0.6 is 11.3 Å². The van der Waals surface area contributed by atoms with Crippen molar-refractivity contribution in [3.63, 3.8) is 0 Å². The molecule has 5 nitrogen and oxygen atoms in total. The Balaban J connectivity index is 1.70. The lowest BCUT2D eigenvalue weighted by Gasteiger charge is -2.37. The molecule has 2 aliphatic rings. The number of nitrogens with zero attached hydrogens (tertiary/aromatic N) is 3. The third kappa shape index (κ3) is 3.74. The van der Waals surface area contributed by atoms with Crippen LogP contribution in [0.3, 0.4) is 0 Å². The highest BCUT2D eigenvalue weighted by molar-refractivity contribution is 7.15. The van der Waals surface area contributed by atoms with Gasteiger partial charge >= 0.3 is 0 Å². The number of nitrogens with one attached hydrogen (secondary N) is 1. The van der Waals surface area contributed by atoms with Crippen molar-refractivity contribution in [3.8, 4) is 0 Å². The van der Waals surface area contributed by atoms with Gasteiger partial charge in [0.1, 0.15) is 0 Å². The highest BCUT2D eigenvalue weighted by Crippen LogP contribution is 2.29. The zero-order valence-electron chi connectivity index (χ0n) is 13.3. The van der Waals surface area contributed by atoms with Gasteiger partial charge in [-0.15, -0.1) is 11.3 Å². The van der Waals surface area contributed by atoms with E-state index in [1.165, 1.54) is 17.7 Å². The van der Waals surface area contributed by atoms with E-state index < -0.39 is 0 Å².